The van der Waals surface area contributed by atoms with Crippen molar-refractivity contribution < 1.29 is 27.5 Å². The summed E-state index contributed by atoms with van der Waals surface area (Å²) in [4.78, 5) is 45.5. The van der Waals surface area contributed by atoms with Crippen LogP contribution in [0.5, 0.6) is 0 Å². The molecule has 43 heavy (non-hydrogen) atoms. The van der Waals surface area contributed by atoms with E-state index in [-0.39, 0.29) is 28.9 Å². The maximum atomic E-state index is 14.3. The highest BCUT2D eigenvalue weighted by Crippen LogP contribution is 2.42. The summed E-state index contributed by atoms with van der Waals surface area (Å²) >= 11 is 0. The molecule has 3 heterocycles. The summed E-state index contributed by atoms with van der Waals surface area (Å²) in [5.41, 5.74) is 1.81. The van der Waals surface area contributed by atoms with Gasteiger partial charge in [0.1, 0.15) is 17.2 Å². The van der Waals surface area contributed by atoms with Crippen LogP contribution in [0.2, 0.25) is 0 Å². The van der Waals surface area contributed by atoms with Crippen molar-refractivity contribution in [2.45, 2.75) is 50.1 Å². The van der Waals surface area contributed by atoms with Gasteiger partial charge in [0, 0.05) is 44.0 Å². The molecular formula is C31H32F3N5O4. The smallest absolute Gasteiger partial charge is 0.282 e. The van der Waals surface area contributed by atoms with Gasteiger partial charge in [0.2, 0.25) is 0 Å². The third kappa shape index (κ3) is 6.50. The Kier molecular flexibility index (Phi) is 7.82. The van der Waals surface area contributed by atoms with Gasteiger partial charge in [0.25, 0.3) is 23.3 Å². The van der Waals surface area contributed by atoms with Crippen LogP contribution in [0.25, 0.3) is 11.1 Å². The van der Waals surface area contributed by atoms with Gasteiger partial charge in [-0.25, -0.2) is 18.2 Å². The van der Waals surface area contributed by atoms with Crippen LogP contribution in [-0.4, -0.2) is 65.5 Å². The number of halogens is 3. The number of amides is 2. The van der Waals surface area contributed by atoms with Crippen LogP contribution in [0.1, 0.15) is 69.6 Å². The lowest BCUT2D eigenvalue weighted by atomic mass is 9.96. The zero-order valence-corrected chi connectivity index (χ0v) is 23.7. The Morgan fingerprint density at radius 3 is 2.51 bits per heavy atom. The molecule has 2 aliphatic carbocycles. The van der Waals surface area contributed by atoms with Crippen molar-refractivity contribution in [3.63, 3.8) is 0 Å². The van der Waals surface area contributed by atoms with Gasteiger partial charge in [-0.3, -0.25) is 14.4 Å². The molecule has 1 aliphatic heterocycles. The zero-order valence-electron chi connectivity index (χ0n) is 23.7. The van der Waals surface area contributed by atoms with Crippen LogP contribution < -0.4 is 16.2 Å². The average molecular weight is 596 g/mol. The van der Waals surface area contributed by atoms with Crippen LogP contribution in [0.15, 0.2) is 47.4 Å². The number of rotatable bonds is 11. The number of alkyl halides is 2. The fourth-order valence-corrected chi connectivity index (χ4v) is 5.27. The predicted octanol–water partition coefficient (Wildman–Crippen LogP) is 4.34. The van der Waals surface area contributed by atoms with Crippen LogP contribution >= 0.6 is 0 Å². The second kappa shape index (κ2) is 11.6. The van der Waals surface area contributed by atoms with Crippen molar-refractivity contribution in [3.05, 3.63) is 81.2 Å². The molecule has 1 saturated heterocycles. The number of nitrogens with one attached hydrogen (secondary N) is 2. The maximum Gasteiger partial charge on any atom is 0.282 e. The van der Waals surface area contributed by atoms with Gasteiger partial charge in [0.05, 0.1) is 25.3 Å². The van der Waals surface area contributed by atoms with Crippen molar-refractivity contribution >= 4 is 17.6 Å². The van der Waals surface area contributed by atoms with Gasteiger partial charge < -0.3 is 24.8 Å². The standard InChI is InChI=1S/C31H32F3N5O4/c1-43-9-8-35-14-18-10-25(30(42)39(15-18)22-5-6-22)28(40)37-27-12-20(11-26(36-27)19-2-3-19)23-7-4-21(32)13-24(23)29(41)38-16-31(33,34)17-38/h4,7,10-13,15,19,22,35H,2-3,5-6,8-9,14,16-17H2,1H3,(H,36,37,40). The molecule has 0 bridgehead atoms. The number of pyridine rings is 2. The van der Waals surface area contributed by atoms with E-state index in [1.54, 1.807) is 36.1 Å². The van der Waals surface area contributed by atoms with Crippen LogP contribution in [0, 0.1) is 5.82 Å². The Morgan fingerprint density at radius 1 is 1.07 bits per heavy atom. The molecule has 3 aromatic rings. The first kappa shape index (κ1) is 29.1. The number of hydrogen-bond acceptors (Lipinski definition) is 6. The number of anilines is 1. The van der Waals surface area contributed by atoms with Gasteiger partial charge >= 0.3 is 0 Å². The van der Waals surface area contributed by atoms with Gasteiger partial charge in [-0.2, -0.15) is 0 Å². The molecule has 9 nitrogen and oxygen atoms in total. The third-order valence-corrected chi connectivity index (χ3v) is 7.83. The first-order valence-corrected chi connectivity index (χ1v) is 14.4. The summed E-state index contributed by atoms with van der Waals surface area (Å²) < 4.78 is 47.9. The molecule has 12 heteroatoms. The van der Waals surface area contributed by atoms with E-state index in [2.05, 4.69) is 15.6 Å². The molecule has 0 radical (unpaired) electrons. The number of methoxy groups -OCH3 is 1. The lowest BCUT2D eigenvalue weighted by Crippen LogP contribution is -2.58. The maximum absolute atomic E-state index is 14.3. The zero-order chi connectivity index (χ0) is 30.3. The van der Waals surface area contributed by atoms with Gasteiger partial charge in [-0.15, -0.1) is 0 Å². The minimum atomic E-state index is -2.97. The van der Waals surface area contributed by atoms with Gasteiger partial charge in [-0.05, 0) is 72.7 Å². The molecule has 3 fully saturated rings. The Balaban J connectivity index is 1.31. The van der Waals surface area contributed by atoms with E-state index in [0.29, 0.717) is 36.5 Å². The topological polar surface area (TPSA) is 106 Å². The summed E-state index contributed by atoms with van der Waals surface area (Å²) in [6.45, 7) is 0.112. The second-order valence-electron chi connectivity index (χ2n) is 11.5. The van der Waals surface area contributed by atoms with Crippen LogP contribution in [0.3, 0.4) is 0 Å². The second-order valence-corrected chi connectivity index (χ2v) is 11.5. The Morgan fingerprint density at radius 2 is 1.84 bits per heavy atom. The van der Waals surface area contributed by atoms with E-state index in [1.807, 2.05) is 0 Å². The lowest BCUT2D eigenvalue weighted by molar-refractivity contribution is -0.113. The monoisotopic (exact) mass is 595 g/mol. The minimum absolute atomic E-state index is 0.0190. The van der Waals surface area contributed by atoms with E-state index in [0.717, 1.165) is 42.2 Å². The van der Waals surface area contributed by atoms with Crippen molar-refractivity contribution in [2.75, 3.05) is 38.7 Å². The van der Waals surface area contributed by atoms with E-state index < -0.39 is 42.2 Å². The SMILES string of the molecule is COCCNCc1cc(C(=O)Nc2cc(-c3ccc(F)cc3C(=O)N3CC(F)(F)C3)cc(C3CC3)n2)c(=O)n(C2CC2)c1. The highest BCUT2D eigenvalue weighted by Gasteiger charge is 2.46. The Labute approximate surface area is 246 Å². The molecule has 2 N–H and O–H groups in total. The fraction of sp³-hybridized carbons (Fsp3) is 0.419. The van der Waals surface area contributed by atoms with E-state index >= 15 is 0 Å². The van der Waals surface area contributed by atoms with Crippen molar-refractivity contribution in [3.8, 4) is 11.1 Å². The molecule has 1 aromatic carbocycles. The number of carbonyl (C=O) groups excluding carboxylic acids is 2. The van der Waals surface area contributed by atoms with Crippen LogP contribution in [-0.2, 0) is 11.3 Å². The molecular weight excluding hydrogens is 563 g/mol. The molecule has 0 atom stereocenters. The predicted molar refractivity (Wildman–Crippen MR) is 153 cm³/mol. The summed E-state index contributed by atoms with van der Waals surface area (Å²) in [5, 5.41) is 6.00. The summed E-state index contributed by atoms with van der Waals surface area (Å²) in [6, 6.07) is 8.60. The van der Waals surface area contributed by atoms with E-state index in [4.69, 9.17) is 4.74 Å². The summed E-state index contributed by atoms with van der Waals surface area (Å²) in [6.07, 6.45) is 5.30. The van der Waals surface area contributed by atoms with Crippen LogP contribution in [0.4, 0.5) is 19.0 Å². The molecule has 3 aliphatic rings. The number of hydrogen-bond donors (Lipinski definition) is 2. The Bertz CT molecular complexity index is 1630. The number of likely N-dealkylation sites (tertiary alicyclic amines) is 1. The molecule has 2 amide bonds. The fourth-order valence-electron chi connectivity index (χ4n) is 5.27. The molecule has 2 aromatic heterocycles. The first-order valence-electron chi connectivity index (χ1n) is 14.4. The van der Waals surface area contributed by atoms with E-state index in [1.165, 1.54) is 12.1 Å². The first-order chi connectivity index (χ1) is 20.6. The molecule has 226 valence electrons. The van der Waals surface area contributed by atoms with Gasteiger partial charge in [-0.1, -0.05) is 6.07 Å². The summed E-state index contributed by atoms with van der Waals surface area (Å²) in [7, 11) is 1.61. The number of nitrogens with zero attached hydrogens (tertiary/aromatic N) is 3. The normalized spacial score (nSPS) is 17.4. The van der Waals surface area contributed by atoms with Crippen molar-refractivity contribution in [1.29, 1.82) is 0 Å². The Hall–Kier alpha value is -4.03. The highest BCUT2D eigenvalue weighted by atomic mass is 19.3. The van der Waals surface area contributed by atoms with Crippen molar-refractivity contribution in [1.82, 2.24) is 19.8 Å². The number of aromatic nitrogens is 2. The lowest BCUT2D eigenvalue weighted by Gasteiger charge is -2.39. The minimum Gasteiger partial charge on any atom is -0.383 e. The average Bonchev–Trinajstić information content (AvgIpc) is 3.87. The molecule has 0 unspecified atom stereocenters. The molecule has 0 spiro atoms. The summed E-state index contributed by atoms with van der Waals surface area (Å²) in [5.74, 6) is -4.64. The van der Waals surface area contributed by atoms with E-state index in [9.17, 15) is 27.6 Å². The third-order valence-electron chi connectivity index (χ3n) is 7.83. The van der Waals surface area contributed by atoms with Gasteiger partial charge in [0.15, 0.2) is 0 Å². The molecule has 2 saturated carbocycles. The largest absolute Gasteiger partial charge is 0.383 e. The number of benzene rings is 1. The quantitative estimate of drug-likeness (QED) is 0.320. The number of ether oxygens (including phenoxy) is 1. The number of carbonyl (C=O) groups is 2. The van der Waals surface area contributed by atoms with Crippen molar-refractivity contribution in [2.24, 2.45) is 0 Å². The molecule has 6 rings (SSSR count). The highest BCUT2D eigenvalue weighted by molar-refractivity contribution is 6.04.